The maximum Gasteiger partial charge on any atom is 0.243 e. The molecule has 0 aliphatic heterocycles. The molecule has 0 bridgehead atoms. The Balaban J connectivity index is 1.56. The highest BCUT2D eigenvalue weighted by atomic mass is 16.2. The van der Waals surface area contributed by atoms with Crippen LogP contribution in [0.2, 0.25) is 0 Å². The van der Waals surface area contributed by atoms with Crippen molar-refractivity contribution in [3.8, 4) is 0 Å². The monoisotopic (exact) mass is 667 g/mol. The first-order chi connectivity index (χ1) is 23.7. The van der Waals surface area contributed by atoms with Crippen molar-refractivity contribution in [2.75, 3.05) is 13.1 Å². The maximum atomic E-state index is 14.0. The molecule has 0 spiro atoms. The zero-order valence-corrected chi connectivity index (χ0v) is 27.9. The van der Waals surface area contributed by atoms with Crippen molar-refractivity contribution in [2.24, 2.45) is 22.9 Å². The largest absolute Gasteiger partial charge is 0.368 e. The molecule has 4 aromatic carbocycles. The van der Waals surface area contributed by atoms with Gasteiger partial charge in [-0.3, -0.25) is 19.2 Å². The Hall–Kier alpha value is -4.84. The second-order valence-electron chi connectivity index (χ2n) is 12.5. The van der Waals surface area contributed by atoms with Gasteiger partial charge < -0.3 is 38.9 Å². The Bertz CT molecular complexity index is 1730. The van der Waals surface area contributed by atoms with Crippen LogP contribution in [0.4, 0.5) is 0 Å². The fraction of sp³-hybridized carbons (Fsp3) is 0.368. The van der Waals surface area contributed by atoms with E-state index in [9.17, 15) is 19.2 Å². The van der Waals surface area contributed by atoms with E-state index in [0.717, 1.165) is 39.1 Å². The molecule has 0 aliphatic carbocycles. The van der Waals surface area contributed by atoms with E-state index in [2.05, 4.69) is 16.0 Å². The van der Waals surface area contributed by atoms with Gasteiger partial charge in [0, 0.05) is 12.8 Å². The molecule has 11 nitrogen and oxygen atoms in total. The number of amides is 4. The van der Waals surface area contributed by atoms with Gasteiger partial charge in [-0.05, 0) is 77.9 Å². The minimum Gasteiger partial charge on any atom is -0.368 e. The summed E-state index contributed by atoms with van der Waals surface area (Å²) in [4.78, 5) is 53.4. The summed E-state index contributed by atoms with van der Waals surface area (Å²) in [6.45, 7) is 0.928. The molecule has 0 radical (unpaired) electrons. The number of carbonyl (C=O) groups is 4. The summed E-state index contributed by atoms with van der Waals surface area (Å²) >= 11 is 0. The Labute approximate surface area is 287 Å². The number of rotatable bonds is 19. The Morgan fingerprint density at radius 3 is 1.51 bits per heavy atom. The number of nitrogens with one attached hydrogen (secondary N) is 3. The number of primary amides is 1. The number of hydrogen-bond acceptors (Lipinski definition) is 7. The second-order valence-corrected chi connectivity index (χ2v) is 12.5. The number of unbranched alkanes of at least 4 members (excludes halogenated alkanes) is 2. The molecular formula is C38H49N7O4. The van der Waals surface area contributed by atoms with Gasteiger partial charge in [0.25, 0.3) is 0 Å². The van der Waals surface area contributed by atoms with Gasteiger partial charge >= 0.3 is 0 Å². The topological polar surface area (TPSA) is 208 Å². The summed E-state index contributed by atoms with van der Waals surface area (Å²) in [7, 11) is 0. The standard InChI is InChI=1S/C38H49N7O4/c39-19-7-5-13-31(41)36(47)43-32(14-6-8-20-40)37(48)45-34(24-26-16-18-28-10-2-4-12-30(28)22-26)38(49)44-33(35(42)46)23-25-15-17-27-9-1-3-11-29(27)21-25/h1-4,9-12,15-18,21-22,31-34H,5-8,13-14,19-20,23-24,39-41H2,(H2,42,46)(H,43,47)(H,44,49)(H,45,48). The molecule has 11 N–H and O–H groups in total. The number of nitrogens with two attached hydrogens (primary N) is 4. The molecule has 0 saturated heterocycles. The number of fused-ring (bicyclic) bond motifs is 2. The first kappa shape index (κ1) is 37.0. The first-order valence-corrected chi connectivity index (χ1v) is 17.0. The lowest BCUT2D eigenvalue weighted by Crippen LogP contribution is -2.58. The van der Waals surface area contributed by atoms with Crippen LogP contribution in [0.15, 0.2) is 84.9 Å². The second kappa shape index (κ2) is 18.6. The molecule has 4 unspecified atom stereocenters. The quantitative estimate of drug-likeness (QED) is 0.0742. The molecule has 11 heteroatoms. The van der Waals surface area contributed by atoms with Gasteiger partial charge in [-0.2, -0.15) is 0 Å². The molecule has 0 aromatic heterocycles. The van der Waals surface area contributed by atoms with Crippen LogP contribution in [0.3, 0.4) is 0 Å². The molecule has 260 valence electrons. The molecule has 4 atom stereocenters. The number of benzene rings is 4. The van der Waals surface area contributed by atoms with Crippen LogP contribution in [0.5, 0.6) is 0 Å². The van der Waals surface area contributed by atoms with Crippen LogP contribution >= 0.6 is 0 Å². The smallest absolute Gasteiger partial charge is 0.243 e. The third-order valence-corrected chi connectivity index (χ3v) is 8.69. The van der Waals surface area contributed by atoms with Gasteiger partial charge in [-0.15, -0.1) is 0 Å². The van der Waals surface area contributed by atoms with Crippen molar-refractivity contribution < 1.29 is 19.2 Å². The van der Waals surface area contributed by atoms with E-state index in [1.54, 1.807) is 0 Å². The van der Waals surface area contributed by atoms with Crippen molar-refractivity contribution in [1.29, 1.82) is 0 Å². The van der Waals surface area contributed by atoms with E-state index in [-0.39, 0.29) is 12.8 Å². The van der Waals surface area contributed by atoms with Crippen LogP contribution in [-0.4, -0.2) is 60.9 Å². The predicted molar refractivity (Wildman–Crippen MR) is 194 cm³/mol. The molecule has 0 fully saturated rings. The van der Waals surface area contributed by atoms with Crippen LogP contribution < -0.4 is 38.9 Å². The predicted octanol–water partition coefficient (Wildman–Crippen LogP) is 2.30. The molecule has 0 heterocycles. The zero-order valence-electron chi connectivity index (χ0n) is 27.9. The lowest BCUT2D eigenvalue weighted by atomic mass is 9.98. The highest BCUT2D eigenvalue weighted by Gasteiger charge is 2.30. The van der Waals surface area contributed by atoms with Crippen molar-refractivity contribution in [3.63, 3.8) is 0 Å². The zero-order chi connectivity index (χ0) is 35.2. The summed E-state index contributed by atoms with van der Waals surface area (Å²) < 4.78 is 0. The van der Waals surface area contributed by atoms with Gasteiger partial charge in [-0.1, -0.05) is 91.3 Å². The third-order valence-electron chi connectivity index (χ3n) is 8.69. The Morgan fingerprint density at radius 2 is 0.980 bits per heavy atom. The van der Waals surface area contributed by atoms with Gasteiger partial charge in [0.2, 0.25) is 23.6 Å². The maximum absolute atomic E-state index is 14.0. The minimum absolute atomic E-state index is 0.131. The van der Waals surface area contributed by atoms with Crippen LogP contribution in [0.25, 0.3) is 21.5 Å². The molecule has 0 aliphatic rings. The van der Waals surface area contributed by atoms with Crippen molar-refractivity contribution in [3.05, 3.63) is 96.1 Å². The fourth-order valence-electron chi connectivity index (χ4n) is 5.86. The molecule has 4 aromatic rings. The molecule has 4 amide bonds. The highest BCUT2D eigenvalue weighted by molar-refractivity contribution is 5.95. The van der Waals surface area contributed by atoms with E-state index in [1.807, 2.05) is 84.9 Å². The van der Waals surface area contributed by atoms with Gasteiger partial charge in [0.15, 0.2) is 0 Å². The number of hydrogen-bond donors (Lipinski definition) is 7. The van der Waals surface area contributed by atoms with Crippen molar-refractivity contribution in [1.82, 2.24) is 16.0 Å². The van der Waals surface area contributed by atoms with E-state index in [4.69, 9.17) is 22.9 Å². The van der Waals surface area contributed by atoms with E-state index >= 15 is 0 Å². The van der Waals surface area contributed by atoms with Crippen LogP contribution in [-0.2, 0) is 32.0 Å². The normalized spacial score (nSPS) is 13.7. The Morgan fingerprint density at radius 1 is 0.531 bits per heavy atom. The van der Waals surface area contributed by atoms with Crippen molar-refractivity contribution >= 4 is 45.2 Å². The fourth-order valence-corrected chi connectivity index (χ4v) is 5.86. The summed E-state index contributed by atoms with van der Waals surface area (Å²) in [5.41, 5.74) is 24.8. The van der Waals surface area contributed by atoms with E-state index in [0.29, 0.717) is 45.2 Å². The van der Waals surface area contributed by atoms with Crippen LogP contribution in [0, 0.1) is 0 Å². The molecule has 4 rings (SSSR count). The third kappa shape index (κ3) is 11.1. The lowest BCUT2D eigenvalue weighted by Gasteiger charge is -2.26. The SMILES string of the molecule is NCCCCC(N)C(=O)NC(CCCCN)C(=O)NC(Cc1ccc2ccccc2c1)C(=O)NC(Cc1ccc2ccccc2c1)C(N)=O. The number of carbonyl (C=O) groups excluding carboxylic acids is 4. The Kier molecular flexibility index (Phi) is 14.1. The average molecular weight is 668 g/mol. The van der Waals surface area contributed by atoms with E-state index < -0.39 is 47.8 Å². The van der Waals surface area contributed by atoms with Gasteiger partial charge in [-0.25, -0.2) is 0 Å². The average Bonchev–Trinajstić information content (AvgIpc) is 3.10. The van der Waals surface area contributed by atoms with Gasteiger partial charge in [0.1, 0.15) is 18.1 Å². The van der Waals surface area contributed by atoms with Crippen molar-refractivity contribution in [2.45, 2.75) is 75.5 Å². The van der Waals surface area contributed by atoms with E-state index in [1.165, 1.54) is 0 Å². The minimum atomic E-state index is -1.08. The molecule has 49 heavy (non-hydrogen) atoms. The van der Waals surface area contributed by atoms with Crippen LogP contribution in [0.1, 0.15) is 49.7 Å². The highest BCUT2D eigenvalue weighted by Crippen LogP contribution is 2.19. The summed E-state index contributed by atoms with van der Waals surface area (Å²) in [5.74, 6) is -2.26. The molecule has 0 saturated carbocycles. The van der Waals surface area contributed by atoms with Gasteiger partial charge in [0.05, 0.1) is 6.04 Å². The molecular weight excluding hydrogens is 618 g/mol. The lowest BCUT2D eigenvalue weighted by molar-refractivity contribution is -0.133. The summed E-state index contributed by atoms with van der Waals surface area (Å²) in [6.07, 6.45) is 3.68. The first-order valence-electron chi connectivity index (χ1n) is 17.0. The summed E-state index contributed by atoms with van der Waals surface area (Å²) in [5, 5.41) is 12.5. The summed E-state index contributed by atoms with van der Waals surface area (Å²) in [6, 6.07) is 23.4.